The topological polar surface area (TPSA) is 47.3 Å². The Kier molecular flexibility index (Phi) is 6.69. The molecule has 0 rings (SSSR count). The number of nitrogens with two attached hydrogens (primary N) is 1. The Hall–Kier alpha value is -1.14. The number of rotatable bonds is 7. The molecular formula is C11H20N2O. The van der Waals surface area contributed by atoms with Gasteiger partial charge in [-0.05, 0) is 18.9 Å². The molecule has 1 unspecified atom stereocenters. The highest BCUT2D eigenvalue weighted by Gasteiger charge is 2.07. The van der Waals surface area contributed by atoms with Gasteiger partial charge in [-0.2, -0.15) is 0 Å². The molecule has 0 bridgehead atoms. The second-order valence-corrected chi connectivity index (χ2v) is 3.55. The van der Waals surface area contributed by atoms with Crippen LogP contribution in [-0.4, -0.2) is 19.2 Å². The second-order valence-electron chi connectivity index (χ2n) is 3.55. The Morgan fingerprint density at radius 3 is 2.71 bits per heavy atom. The summed E-state index contributed by atoms with van der Waals surface area (Å²) in [5.74, 6) is 3.70. The number of terminal acetylenes is 1. The van der Waals surface area contributed by atoms with Crippen molar-refractivity contribution in [3.63, 3.8) is 0 Å². The summed E-state index contributed by atoms with van der Waals surface area (Å²) in [6.07, 6.45) is 6.27. The predicted octanol–water partition coefficient (Wildman–Crippen LogP) is 1.07. The van der Waals surface area contributed by atoms with E-state index in [-0.39, 0.29) is 6.04 Å². The molecule has 0 aliphatic rings. The summed E-state index contributed by atoms with van der Waals surface area (Å²) < 4.78 is 5.18. The van der Waals surface area contributed by atoms with Crippen LogP contribution in [-0.2, 0) is 4.74 Å². The Labute approximate surface area is 86.7 Å². The van der Waals surface area contributed by atoms with Gasteiger partial charge >= 0.3 is 0 Å². The van der Waals surface area contributed by atoms with Crippen molar-refractivity contribution in [1.82, 2.24) is 5.32 Å². The van der Waals surface area contributed by atoms with Crippen molar-refractivity contribution in [1.29, 1.82) is 0 Å². The summed E-state index contributed by atoms with van der Waals surface area (Å²) in [5.41, 5.74) is 5.29. The van der Waals surface area contributed by atoms with Crippen LogP contribution in [0.3, 0.4) is 0 Å². The maximum Gasteiger partial charge on any atom is 0.180 e. The third-order valence-corrected chi connectivity index (χ3v) is 1.64. The first-order valence-electron chi connectivity index (χ1n) is 4.84. The molecule has 3 heteroatoms. The van der Waals surface area contributed by atoms with Gasteiger partial charge in [0.25, 0.3) is 0 Å². The SMILES string of the molecule is C#CC(CC(C)C)NC(=C)OCCN. The van der Waals surface area contributed by atoms with Crippen LogP contribution in [0.15, 0.2) is 12.5 Å². The van der Waals surface area contributed by atoms with E-state index in [2.05, 4.69) is 31.7 Å². The van der Waals surface area contributed by atoms with Crippen LogP contribution in [0.25, 0.3) is 0 Å². The maximum atomic E-state index is 5.36. The molecule has 0 amide bonds. The van der Waals surface area contributed by atoms with Crippen molar-refractivity contribution < 1.29 is 4.74 Å². The minimum absolute atomic E-state index is 0.0136. The Morgan fingerprint density at radius 1 is 1.64 bits per heavy atom. The average molecular weight is 196 g/mol. The fourth-order valence-electron chi connectivity index (χ4n) is 1.06. The molecule has 3 N–H and O–H groups in total. The molecule has 0 aromatic heterocycles. The Balaban J connectivity index is 3.82. The number of ether oxygens (including phenoxy) is 1. The van der Waals surface area contributed by atoms with Crippen molar-refractivity contribution in [2.24, 2.45) is 11.7 Å². The van der Waals surface area contributed by atoms with E-state index < -0.39 is 0 Å². The lowest BCUT2D eigenvalue weighted by atomic mass is 10.0. The van der Waals surface area contributed by atoms with Gasteiger partial charge in [0.05, 0.1) is 6.04 Å². The van der Waals surface area contributed by atoms with E-state index in [1.807, 2.05) is 0 Å². The molecular weight excluding hydrogens is 176 g/mol. The smallest absolute Gasteiger partial charge is 0.180 e. The van der Waals surface area contributed by atoms with Crippen molar-refractivity contribution >= 4 is 0 Å². The lowest BCUT2D eigenvalue weighted by Crippen LogP contribution is -2.29. The molecule has 0 radical (unpaired) electrons. The van der Waals surface area contributed by atoms with E-state index >= 15 is 0 Å². The van der Waals surface area contributed by atoms with Crippen molar-refractivity contribution in [3.8, 4) is 12.3 Å². The summed E-state index contributed by atoms with van der Waals surface area (Å²) in [6, 6.07) is -0.0136. The predicted molar refractivity (Wildman–Crippen MR) is 59.4 cm³/mol. The minimum Gasteiger partial charge on any atom is -0.478 e. The lowest BCUT2D eigenvalue weighted by Gasteiger charge is -2.18. The van der Waals surface area contributed by atoms with Crippen LogP contribution < -0.4 is 11.1 Å². The molecule has 0 spiro atoms. The van der Waals surface area contributed by atoms with Gasteiger partial charge in [-0.1, -0.05) is 19.8 Å². The monoisotopic (exact) mass is 196 g/mol. The number of nitrogens with one attached hydrogen (secondary N) is 1. The van der Waals surface area contributed by atoms with E-state index in [1.165, 1.54) is 0 Å². The molecule has 0 aliphatic heterocycles. The minimum atomic E-state index is -0.0136. The molecule has 3 nitrogen and oxygen atoms in total. The van der Waals surface area contributed by atoms with Crippen molar-refractivity contribution in [2.45, 2.75) is 26.3 Å². The summed E-state index contributed by atoms with van der Waals surface area (Å²) in [7, 11) is 0. The molecule has 0 aliphatic carbocycles. The van der Waals surface area contributed by atoms with E-state index in [4.69, 9.17) is 16.9 Å². The highest BCUT2D eigenvalue weighted by molar-refractivity contribution is 5.03. The van der Waals surface area contributed by atoms with Crippen LogP contribution in [0.4, 0.5) is 0 Å². The second kappa shape index (κ2) is 7.28. The van der Waals surface area contributed by atoms with Gasteiger partial charge in [0.15, 0.2) is 5.88 Å². The maximum absolute atomic E-state index is 5.36. The number of hydrogen-bond acceptors (Lipinski definition) is 3. The third kappa shape index (κ3) is 6.38. The van der Waals surface area contributed by atoms with Gasteiger partial charge < -0.3 is 15.8 Å². The van der Waals surface area contributed by atoms with Crippen molar-refractivity contribution in [3.05, 3.63) is 12.5 Å². The van der Waals surface area contributed by atoms with Gasteiger partial charge in [0.2, 0.25) is 0 Å². The van der Waals surface area contributed by atoms with E-state index in [0.29, 0.717) is 25.0 Å². The molecule has 0 heterocycles. The first-order valence-corrected chi connectivity index (χ1v) is 4.84. The largest absolute Gasteiger partial charge is 0.478 e. The Bertz CT molecular complexity index is 206. The van der Waals surface area contributed by atoms with Crippen molar-refractivity contribution in [2.75, 3.05) is 13.2 Å². The van der Waals surface area contributed by atoms with Crippen LogP contribution in [0.5, 0.6) is 0 Å². The zero-order chi connectivity index (χ0) is 11.0. The van der Waals surface area contributed by atoms with Gasteiger partial charge in [-0.15, -0.1) is 6.42 Å². The van der Waals surface area contributed by atoms with Crippen LogP contribution in [0.1, 0.15) is 20.3 Å². The summed E-state index contributed by atoms with van der Waals surface area (Å²) in [6.45, 7) is 8.88. The molecule has 0 aromatic carbocycles. The molecule has 0 aromatic rings. The molecule has 0 saturated heterocycles. The molecule has 14 heavy (non-hydrogen) atoms. The summed E-state index contributed by atoms with van der Waals surface area (Å²) in [5, 5.41) is 3.02. The van der Waals surface area contributed by atoms with Gasteiger partial charge in [0, 0.05) is 6.54 Å². The highest BCUT2D eigenvalue weighted by atomic mass is 16.5. The molecule has 80 valence electrons. The number of hydrogen-bond donors (Lipinski definition) is 2. The standard InChI is InChI=1S/C11H20N2O/c1-5-11(8-9(2)3)13-10(4)14-7-6-12/h1,9,11,13H,4,6-8,12H2,2-3H3. The fraction of sp³-hybridized carbons (Fsp3) is 0.636. The van der Waals surface area contributed by atoms with Crippen LogP contribution in [0, 0.1) is 18.3 Å². The zero-order valence-corrected chi connectivity index (χ0v) is 9.05. The molecule has 0 fully saturated rings. The summed E-state index contributed by atoms with van der Waals surface area (Å²) >= 11 is 0. The van der Waals surface area contributed by atoms with Crippen LogP contribution in [0.2, 0.25) is 0 Å². The van der Waals surface area contributed by atoms with Gasteiger partial charge in [-0.3, -0.25) is 0 Å². The fourth-order valence-corrected chi connectivity index (χ4v) is 1.06. The van der Waals surface area contributed by atoms with E-state index in [0.717, 1.165) is 6.42 Å². The normalized spacial score (nSPS) is 11.9. The first kappa shape index (κ1) is 12.9. The van der Waals surface area contributed by atoms with Gasteiger partial charge in [0.1, 0.15) is 6.61 Å². The quantitative estimate of drug-likeness (QED) is 0.473. The molecule has 0 saturated carbocycles. The average Bonchev–Trinajstić information content (AvgIpc) is 2.12. The highest BCUT2D eigenvalue weighted by Crippen LogP contribution is 2.05. The van der Waals surface area contributed by atoms with E-state index in [1.54, 1.807) is 0 Å². The van der Waals surface area contributed by atoms with Crippen LogP contribution >= 0.6 is 0 Å². The zero-order valence-electron chi connectivity index (χ0n) is 9.05. The summed E-state index contributed by atoms with van der Waals surface area (Å²) in [4.78, 5) is 0. The lowest BCUT2D eigenvalue weighted by molar-refractivity contribution is 0.194. The Morgan fingerprint density at radius 2 is 2.29 bits per heavy atom. The third-order valence-electron chi connectivity index (χ3n) is 1.64. The van der Waals surface area contributed by atoms with E-state index in [9.17, 15) is 0 Å². The molecule has 1 atom stereocenters. The first-order chi connectivity index (χ1) is 6.60. The van der Waals surface area contributed by atoms with Gasteiger partial charge in [-0.25, -0.2) is 0 Å².